The molecule has 1 fully saturated rings. The highest BCUT2D eigenvalue weighted by Crippen LogP contribution is 2.25. The minimum Gasteiger partial charge on any atom is -0.489 e. The van der Waals surface area contributed by atoms with Gasteiger partial charge in [-0.1, -0.05) is 25.0 Å². The van der Waals surface area contributed by atoms with E-state index in [1.165, 1.54) is 25.7 Å². The molecule has 25 heavy (non-hydrogen) atoms. The minimum atomic E-state index is -0.243. The third-order valence-corrected chi connectivity index (χ3v) is 4.22. The summed E-state index contributed by atoms with van der Waals surface area (Å²) in [7, 11) is 0. The molecule has 1 aliphatic rings. The van der Waals surface area contributed by atoms with Crippen molar-refractivity contribution in [3.8, 4) is 5.75 Å². The van der Waals surface area contributed by atoms with Crippen LogP contribution in [0, 0.1) is 0 Å². The summed E-state index contributed by atoms with van der Waals surface area (Å²) < 4.78 is 5.73. The molecule has 1 amide bonds. The number of para-hydroxylation sites is 2. The van der Waals surface area contributed by atoms with Crippen LogP contribution < -0.4 is 15.4 Å². The lowest BCUT2D eigenvalue weighted by atomic mass is 10.2. The van der Waals surface area contributed by atoms with Crippen LogP contribution in [-0.4, -0.2) is 23.0 Å². The fourth-order valence-corrected chi connectivity index (χ4v) is 3.03. The highest BCUT2D eigenvalue weighted by atomic mass is 16.5. The second-order valence-corrected chi connectivity index (χ2v) is 6.67. The van der Waals surface area contributed by atoms with E-state index in [0.717, 1.165) is 5.69 Å². The van der Waals surface area contributed by atoms with Crippen LogP contribution in [0.5, 0.6) is 5.75 Å². The zero-order valence-electron chi connectivity index (χ0n) is 14.8. The number of anilines is 2. The Morgan fingerprint density at radius 3 is 2.60 bits per heavy atom. The molecular weight excluding hydrogens is 314 g/mol. The summed E-state index contributed by atoms with van der Waals surface area (Å²) in [5.74, 6) is 0.414. The number of rotatable bonds is 6. The maximum atomic E-state index is 12.5. The van der Waals surface area contributed by atoms with Crippen molar-refractivity contribution in [1.82, 2.24) is 4.98 Å². The first-order chi connectivity index (χ1) is 12.1. The van der Waals surface area contributed by atoms with E-state index in [1.54, 1.807) is 12.3 Å². The van der Waals surface area contributed by atoms with Gasteiger partial charge in [0.05, 0.1) is 23.7 Å². The number of benzene rings is 1. The predicted octanol–water partition coefficient (Wildman–Crippen LogP) is 4.48. The second-order valence-electron chi connectivity index (χ2n) is 6.67. The summed E-state index contributed by atoms with van der Waals surface area (Å²) in [5, 5.41) is 6.35. The zero-order chi connectivity index (χ0) is 17.6. The summed E-state index contributed by atoms with van der Waals surface area (Å²) in [4.78, 5) is 16.8. The van der Waals surface area contributed by atoms with E-state index in [-0.39, 0.29) is 12.0 Å². The van der Waals surface area contributed by atoms with Gasteiger partial charge >= 0.3 is 0 Å². The van der Waals surface area contributed by atoms with Gasteiger partial charge in [0.2, 0.25) is 0 Å². The number of hydrogen-bond donors (Lipinski definition) is 2. The van der Waals surface area contributed by atoms with Gasteiger partial charge in [-0.3, -0.25) is 4.79 Å². The first-order valence-corrected chi connectivity index (χ1v) is 8.91. The van der Waals surface area contributed by atoms with Gasteiger partial charge in [0.1, 0.15) is 11.4 Å². The Hall–Kier alpha value is -2.56. The predicted molar refractivity (Wildman–Crippen MR) is 100 cm³/mol. The molecule has 5 heteroatoms. The third-order valence-electron chi connectivity index (χ3n) is 4.22. The molecule has 0 aliphatic heterocycles. The van der Waals surface area contributed by atoms with Crippen molar-refractivity contribution < 1.29 is 9.53 Å². The lowest BCUT2D eigenvalue weighted by Gasteiger charge is -2.15. The van der Waals surface area contributed by atoms with Crippen molar-refractivity contribution >= 4 is 17.3 Å². The molecule has 5 nitrogen and oxygen atoms in total. The Bertz CT molecular complexity index is 707. The molecular formula is C20H25N3O2. The topological polar surface area (TPSA) is 63.2 Å². The van der Waals surface area contributed by atoms with E-state index in [0.29, 0.717) is 23.2 Å². The van der Waals surface area contributed by atoms with Crippen LogP contribution in [0.4, 0.5) is 11.4 Å². The maximum absolute atomic E-state index is 12.5. The molecule has 1 aromatic heterocycles. The summed E-state index contributed by atoms with van der Waals surface area (Å²) >= 11 is 0. The van der Waals surface area contributed by atoms with Crippen LogP contribution >= 0.6 is 0 Å². The molecule has 2 N–H and O–H groups in total. The minimum absolute atomic E-state index is 0.0390. The highest BCUT2D eigenvalue weighted by molar-refractivity contribution is 6.03. The molecule has 1 heterocycles. The SMILES string of the molecule is CC(C)Oc1ccccc1NC(=O)c1ccc(NC2CCCC2)cn1. The first kappa shape index (κ1) is 17.3. The molecule has 0 bridgehead atoms. The monoisotopic (exact) mass is 339 g/mol. The summed E-state index contributed by atoms with van der Waals surface area (Å²) in [6.45, 7) is 3.91. The zero-order valence-corrected chi connectivity index (χ0v) is 14.8. The number of nitrogens with one attached hydrogen (secondary N) is 2. The van der Waals surface area contributed by atoms with Gasteiger partial charge in [-0.15, -0.1) is 0 Å². The smallest absolute Gasteiger partial charge is 0.274 e. The molecule has 1 saturated carbocycles. The van der Waals surface area contributed by atoms with E-state index >= 15 is 0 Å². The van der Waals surface area contributed by atoms with Gasteiger partial charge in [0.25, 0.3) is 5.91 Å². The Morgan fingerprint density at radius 2 is 1.92 bits per heavy atom. The van der Waals surface area contributed by atoms with Crippen LogP contribution in [-0.2, 0) is 0 Å². The normalized spacial score (nSPS) is 14.5. The average molecular weight is 339 g/mol. The van der Waals surface area contributed by atoms with E-state index in [2.05, 4.69) is 15.6 Å². The molecule has 1 aliphatic carbocycles. The van der Waals surface area contributed by atoms with Crippen molar-refractivity contribution in [3.05, 3.63) is 48.3 Å². The van der Waals surface area contributed by atoms with Crippen molar-refractivity contribution in [2.24, 2.45) is 0 Å². The van der Waals surface area contributed by atoms with Gasteiger partial charge in [-0.25, -0.2) is 4.98 Å². The van der Waals surface area contributed by atoms with Crippen LogP contribution in [0.3, 0.4) is 0 Å². The number of amides is 1. The molecule has 0 spiro atoms. The Morgan fingerprint density at radius 1 is 1.16 bits per heavy atom. The van der Waals surface area contributed by atoms with Crippen LogP contribution in [0.1, 0.15) is 50.0 Å². The fourth-order valence-electron chi connectivity index (χ4n) is 3.03. The average Bonchev–Trinajstić information content (AvgIpc) is 3.10. The standard InChI is InChI=1S/C20H25N3O2/c1-14(2)25-19-10-6-5-9-17(19)23-20(24)18-12-11-16(13-21-18)22-15-7-3-4-8-15/h5-6,9-15,22H,3-4,7-8H2,1-2H3,(H,23,24). The number of pyridine rings is 1. The van der Waals surface area contributed by atoms with Crippen molar-refractivity contribution in [2.75, 3.05) is 10.6 Å². The van der Waals surface area contributed by atoms with Gasteiger partial charge in [0, 0.05) is 6.04 Å². The molecule has 3 rings (SSSR count). The van der Waals surface area contributed by atoms with E-state index in [4.69, 9.17) is 4.74 Å². The lowest BCUT2D eigenvalue weighted by molar-refractivity contribution is 0.102. The summed E-state index contributed by atoms with van der Waals surface area (Å²) in [5.41, 5.74) is 2.00. The number of ether oxygens (including phenoxy) is 1. The van der Waals surface area contributed by atoms with Gasteiger partial charge in [-0.05, 0) is 51.0 Å². The van der Waals surface area contributed by atoms with E-state index < -0.39 is 0 Å². The number of aromatic nitrogens is 1. The Balaban J connectivity index is 1.65. The van der Waals surface area contributed by atoms with Gasteiger partial charge in [0.15, 0.2) is 0 Å². The first-order valence-electron chi connectivity index (χ1n) is 8.91. The number of hydrogen-bond acceptors (Lipinski definition) is 4. The molecule has 132 valence electrons. The van der Waals surface area contributed by atoms with Crippen molar-refractivity contribution in [3.63, 3.8) is 0 Å². The molecule has 0 atom stereocenters. The molecule has 1 aromatic carbocycles. The number of nitrogens with zero attached hydrogens (tertiary/aromatic N) is 1. The quantitative estimate of drug-likeness (QED) is 0.815. The van der Waals surface area contributed by atoms with E-state index in [1.807, 2.05) is 44.2 Å². The maximum Gasteiger partial charge on any atom is 0.274 e. The van der Waals surface area contributed by atoms with Crippen LogP contribution in [0.15, 0.2) is 42.6 Å². The number of carbonyl (C=O) groups excluding carboxylic acids is 1. The van der Waals surface area contributed by atoms with Crippen LogP contribution in [0.25, 0.3) is 0 Å². The highest BCUT2D eigenvalue weighted by Gasteiger charge is 2.15. The second kappa shape index (κ2) is 8.01. The molecule has 0 radical (unpaired) electrons. The fraction of sp³-hybridized carbons (Fsp3) is 0.400. The number of carbonyl (C=O) groups is 1. The Kier molecular flexibility index (Phi) is 5.53. The lowest BCUT2D eigenvalue weighted by Crippen LogP contribution is -2.17. The summed E-state index contributed by atoms with van der Waals surface area (Å²) in [6, 6.07) is 11.6. The third kappa shape index (κ3) is 4.72. The van der Waals surface area contributed by atoms with Gasteiger partial charge in [-0.2, -0.15) is 0 Å². The van der Waals surface area contributed by atoms with Crippen LogP contribution in [0.2, 0.25) is 0 Å². The Labute approximate surface area is 148 Å². The van der Waals surface area contributed by atoms with E-state index in [9.17, 15) is 4.79 Å². The van der Waals surface area contributed by atoms with Crippen molar-refractivity contribution in [1.29, 1.82) is 0 Å². The summed E-state index contributed by atoms with van der Waals surface area (Å²) in [6.07, 6.45) is 6.73. The van der Waals surface area contributed by atoms with Crippen molar-refractivity contribution in [2.45, 2.75) is 51.7 Å². The molecule has 2 aromatic rings. The molecule has 0 saturated heterocycles. The largest absolute Gasteiger partial charge is 0.489 e. The van der Waals surface area contributed by atoms with Gasteiger partial charge < -0.3 is 15.4 Å². The molecule has 0 unspecified atom stereocenters.